The minimum Gasteiger partial charge on any atom is -0.277 e. The Labute approximate surface area is 46.9 Å². The van der Waals surface area contributed by atoms with Crippen molar-refractivity contribution in [2.24, 2.45) is 10.1 Å². The van der Waals surface area contributed by atoms with Gasteiger partial charge in [0.25, 0.3) is 0 Å². The van der Waals surface area contributed by atoms with E-state index >= 15 is 0 Å². The molecule has 0 saturated carbocycles. The van der Waals surface area contributed by atoms with Gasteiger partial charge in [-0.15, -0.1) is 12.6 Å². The lowest BCUT2D eigenvalue weighted by Crippen LogP contribution is -2.19. The summed E-state index contributed by atoms with van der Waals surface area (Å²) in [5.74, 6) is 0. The molecule has 4 heteroatoms. The highest BCUT2D eigenvalue weighted by atomic mass is 32.1. The topological polar surface area (TPSA) is 36.8 Å². The van der Waals surface area contributed by atoms with Crippen LogP contribution < -0.4 is 5.43 Å². The van der Waals surface area contributed by atoms with Gasteiger partial charge in [-0.2, -0.15) is 5.10 Å². The first-order valence-electron chi connectivity index (χ1n) is 1.88. The van der Waals surface area contributed by atoms with E-state index in [0.29, 0.717) is 0 Å². The molecule has 0 saturated heterocycles. The van der Waals surface area contributed by atoms with Crippen molar-refractivity contribution < 1.29 is 0 Å². The van der Waals surface area contributed by atoms with Crippen LogP contribution in [0, 0.1) is 0 Å². The molecular formula is C3H5N3S. The quantitative estimate of drug-likeness (QED) is 0.423. The van der Waals surface area contributed by atoms with E-state index in [1.807, 2.05) is 0 Å². The van der Waals surface area contributed by atoms with Crippen LogP contribution in [0.2, 0.25) is 0 Å². The molecule has 0 spiro atoms. The first-order valence-corrected chi connectivity index (χ1v) is 2.39. The Hall–Kier alpha value is -0.510. The minimum atomic E-state index is -0.148. The molecule has 0 radical (unpaired) electrons. The van der Waals surface area contributed by atoms with E-state index in [1.54, 1.807) is 12.4 Å². The molecule has 0 aromatic carbocycles. The van der Waals surface area contributed by atoms with E-state index in [1.165, 1.54) is 0 Å². The fourth-order valence-corrected chi connectivity index (χ4v) is 0.440. The van der Waals surface area contributed by atoms with E-state index in [2.05, 4.69) is 28.1 Å². The monoisotopic (exact) mass is 115 g/mol. The molecular weight excluding hydrogens is 110 g/mol. The summed E-state index contributed by atoms with van der Waals surface area (Å²) < 4.78 is 0. The third-order valence-corrected chi connectivity index (χ3v) is 0.807. The van der Waals surface area contributed by atoms with Crippen molar-refractivity contribution in [2.75, 3.05) is 0 Å². The van der Waals surface area contributed by atoms with Gasteiger partial charge in [0.1, 0.15) is 0 Å². The summed E-state index contributed by atoms with van der Waals surface area (Å²) in [6, 6.07) is 0. The Morgan fingerprint density at radius 2 is 2.43 bits per heavy atom. The van der Waals surface area contributed by atoms with Gasteiger partial charge in [-0.1, -0.05) is 0 Å². The van der Waals surface area contributed by atoms with Crippen LogP contribution in [0.3, 0.4) is 0 Å². The Morgan fingerprint density at radius 3 is 2.71 bits per heavy atom. The molecule has 38 valence electrons. The van der Waals surface area contributed by atoms with Crippen molar-refractivity contribution >= 4 is 25.1 Å². The van der Waals surface area contributed by atoms with Gasteiger partial charge in [-0.05, 0) is 0 Å². The molecule has 7 heavy (non-hydrogen) atoms. The van der Waals surface area contributed by atoms with Crippen LogP contribution in [0.4, 0.5) is 0 Å². The van der Waals surface area contributed by atoms with Crippen molar-refractivity contribution in [1.29, 1.82) is 0 Å². The molecule has 0 amide bonds. The summed E-state index contributed by atoms with van der Waals surface area (Å²) in [6.07, 6.45) is 3.18. The van der Waals surface area contributed by atoms with Crippen molar-refractivity contribution in [1.82, 2.24) is 5.43 Å². The van der Waals surface area contributed by atoms with Crippen LogP contribution in [-0.4, -0.2) is 17.9 Å². The van der Waals surface area contributed by atoms with Gasteiger partial charge in [-0.25, -0.2) is 0 Å². The molecule has 1 rings (SSSR count). The molecule has 1 aliphatic rings. The number of nitrogens with one attached hydrogen (secondary N) is 1. The molecule has 1 heterocycles. The zero-order valence-corrected chi connectivity index (χ0v) is 4.47. The van der Waals surface area contributed by atoms with Gasteiger partial charge in [0, 0.05) is 6.21 Å². The summed E-state index contributed by atoms with van der Waals surface area (Å²) in [6.45, 7) is 0. The van der Waals surface area contributed by atoms with Crippen LogP contribution in [-0.2, 0) is 0 Å². The maximum Gasteiger partial charge on any atom is 0.178 e. The molecule has 1 atom stereocenters. The summed E-state index contributed by atoms with van der Waals surface area (Å²) in [5.41, 5.74) is 2.47. The highest BCUT2D eigenvalue weighted by Gasteiger charge is 1.93. The lowest BCUT2D eigenvalue weighted by atomic mass is 10.8. The normalized spacial score (nSPS) is 27.3. The third kappa shape index (κ3) is 1.19. The van der Waals surface area contributed by atoms with E-state index in [4.69, 9.17) is 0 Å². The van der Waals surface area contributed by atoms with Crippen molar-refractivity contribution in [3.8, 4) is 0 Å². The Bertz CT molecular complexity index is 109. The SMILES string of the molecule is SC1N=CC=NN1. The van der Waals surface area contributed by atoms with Gasteiger partial charge in [0.15, 0.2) is 5.50 Å². The molecule has 1 unspecified atom stereocenters. The molecule has 1 aliphatic heterocycles. The number of aliphatic imine (C=N–C) groups is 1. The van der Waals surface area contributed by atoms with E-state index in [9.17, 15) is 0 Å². The van der Waals surface area contributed by atoms with Crippen LogP contribution >= 0.6 is 12.6 Å². The number of hydrogen-bond donors (Lipinski definition) is 2. The molecule has 0 bridgehead atoms. The smallest absolute Gasteiger partial charge is 0.178 e. The Balaban J connectivity index is 2.49. The summed E-state index contributed by atoms with van der Waals surface area (Å²) in [4.78, 5) is 3.81. The average Bonchev–Trinajstić information content (AvgIpc) is 1.69. The Morgan fingerprint density at radius 1 is 1.57 bits per heavy atom. The maximum atomic E-state index is 3.94. The zero-order valence-electron chi connectivity index (χ0n) is 3.57. The van der Waals surface area contributed by atoms with Gasteiger partial charge in [0.05, 0.1) is 6.21 Å². The minimum absolute atomic E-state index is 0.148. The first-order chi connectivity index (χ1) is 3.39. The average molecular weight is 115 g/mol. The predicted molar refractivity (Wildman–Crippen MR) is 32.9 cm³/mol. The number of nitrogens with zero attached hydrogens (tertiary/aromatic N) is 2. The summed E-state index contributed by atoms with van der Waals surface area (Å²) >= 11 is 3.94. The number of hydrazone groups is 1. The molecule has 3 nitrogen and oxygen atoms in total. The largest absolute Gasteiger partial charge is 0.277 e. The molecule has 0 fully saturated rings. The Kier molecular flexibility index (Phi) is 1.31. The third-order valence-electron chi connectivity index (χ3n) is 0.558. The predicted octanol–water partition coefficient (Wildman–Crippen LogP) is -0.140. The fourth-order valence-electron chi connectivity index (χ4n) is 0.296. The zero-order chi connectivity index (χ0) is 5.11. The standard InChI is InChI=1S/C3H5N3S/c7-3-4-1-2-5-6-3/h1-3,6-7H. The van der Waals surface area contributed by atoms with Crippen molar-refractivity contribution in [3.63, 3.8) is 0 Å². The van der Waals surface area contributed by atoms with E-state index in [-0.39, 0.29) is 5.50 Å². The molecule has 0 aliphatic carbocycles. The number of thiol groups is 1. The second-order valence-corrected chi connectivity index (χ2v) is 1.57. The molecule has 0 aromatic heterocycles. The molecule has 1 N–H and O–H groups in total. The molecule has 0 aromatic rings. The highest BCUT2D eigenvalue weighted by molar-refractivity contribution is 7.80. The van der Waals surface area contributed by atoms with Gasteiger partial charge in [-0.3, -0.25) is 10.4 Å². The second kappa shape index (κ2) is 1.97. The van der Waals surface area contributed by atoms with Gasteiger partial charge >= 0.3 is 0 Å². The van der Waals surface area contributed by atoms with Crippen LogP contribution in [0.1, 0.15) is 0 Å². The first kappa shape index (κ1) is 4.64. The summed E-state index contributed by atoms with van der Waals surface area (Å²) in [5, 5.41) is 3.66. The lowest BCUT2D eigenvalue weighted by Gasteiger charge is -2.04. The maximum absolute atomic E-state index is 3.94. The van der Waals surface area contributed by atoms with Crippen LogP contribution in [0.25, 0.3) is 0 Å². The van der Waals surface area contributed by atoms with Crippen LogP contribution in [0.5, 0.6) is 0 Å². The van der Waals surface area contributed by atoms with E-state index in [0.717, 1.165) is 0 Å². The van der Waals surface area contributed by atoms with Gasteiger partial charge < -0.3 is 0 Å². The van der Waals surface area contributed by atoms with Crippen molar-refractivity contribution in [2.45, 2.75) is 5.50 Å². The van der Waals surface area contributed by atoms with E-state index < -0.39 is 0 Å². The lowest BCUT2D eigenvalue weighted by molar-refractivity contribution is 0.718. The highest BCUT2D eigenvalue weighted by Crippen LogP contribution is 1.90. The fraction of sp³-hybridized carbons (Fsp3) is 0.333. The van der Waals surface area contributed by atoms with Crippen molar-refractivity contribution in [3.05, 3.63) is 0 Å². The van der Waals surface area contributed by atoms with Gasteiger partial charge in [0.2, 0.25) is 0 Å². The second-order valence-electron chi connectivity index (χ2n) is 1.08. The number of rotatable bonds is 0. The number of hydrogen-bond acceptors (Lipinski definition) is 4. The van der Waals surface area contributed by atoms with Crippen LogP contribution in [0.15, 0.2) is 10.1 Å². The summed E-state index contributed by atoms with van der Waals surface area (Å²) in [7, 11) is 0.